The zero-order chi connectivity index (χ0) is 9.31. The fourth-order valence-electron chi connectivity index (χ4n) is 2.47. The first-order valence-electron chi connectivity index (χ1n) is 5.25. The van der Waals surface area contributed by atoms with Gasteiger partial charge in [-0.3, -0.25) is 4.90 Å². The van der Waals surface area contributed by atoms with Crippen LogP contribution in [0.3, 0.4) is 0 Å². The number of hydrogen-bond donors (Lipinski definition) is 1. The molecule has 2 atom stereocenters. The molecule has 0 saturated carbocycles. The summed E-state index contributed by atoms with van der Waals surface area (Å²) in [5, 5.41) is 3.38. The quantitative estimate of drug-likeness (QED) is 0.693. The SMILES string of the molecule is CC1(CN2CCC(F)C2)CCNC1. The Morgan fingerprint density at radius 2 is 2.46 bits per heavy atom. The molecule has 2 nitrogen and oxygen atoms in total. The largest absolute Gasteiger partial charge is 0.316 e. The van der Waals surface area contributed by atoms with Gasteiger partial charge in [-0.25, -0.2) is 4.39 Å². The van der Waals surface area contributed by atoms with Gasteiger partial charge in [0.1, 0.15) is 6.17 Å². The van der Waals surface area contributed by atoms with E-state index in [1.54, 1.807) is 0 Å². The highest BCUT2D eigenvalue weighted by Crippen LogP contribution is 2.27. The Hall–Kier alpha value is -0.150. The minimum Gasteiger partial charge on any atom is -0.316 e. The van der Waals surface area contributed by atoms with Crippen molar-refractivity contribution in [2.24, 2.45) is 5.41 Å². The summed E-state index contributed by atoms with van der Waals surface area (Å²) < 4.78 is 12.9. The molecule has 0 bridgehead atoms. The third-order valence-corrected chi connectivity index (χ3v) is 3.28. The van der Waals surface area contributed by atoms with Gasteiger partial charge in [-0.1, -0.05) is 6.92 Å². The van der Waals surface area contributed by atoms with Crippen molar-refractivity contribution in [2.75, 3.05) is 32.7 Å². The number of likely N-dealkylation sites (tertiary alicyclic amines) is 1. The number of alkyl halides is 1. The van der Waals surface area contributed by atoms with Crippen molar-refractivity contribution < 1.29 is 4.39 Å². The van der Waals surface area contributed by atoms with Crippen LogP contribution in [-0.4, -0.2) is 43.8 Å². The summed E-state index contributed by atoms with van der Waals surface area (Å²) in [5.41, 5.74) is 0.393. The second kappa shape index (κ2) is 3.54. The minimum atomic E-state index is -0.571. The fourth-order valence-corrected chi connectivity index (χ4v) is 2.47. The summed E-state index contributed by atoms with van der Waals surface area (Å²) in [7, 11) is 0. The van der Waals surface area contributed by atoms with E-state index in [4.69, 9.17) is 0 Å². The van der Waals surface area contributed by atoms with Crippen molar-refractivity contribution in [3.63, 3.8) is 0 Å². The molecule has 2 aliphatic heterocycles. The molecule has 1 N–H and O–H groups in total. The normalized spacial score (nSPS) is 41.5. The summed E-state index contributed by atoms with van der Waals surface area (Å²) in [6.07, 6.45) is 1.40. The zero-order valence-electron chi connectivity index (χ0n) is 8.35. The van der Waals surface area contributed by atoms with Gasteiger partial charge in [-0.05, 0) is 24.8 Å². The Kier molecular flexibility index (Phi) is 2.56. The Labute approximate surface area is 79.5 Å². The summed E-state index contributed by atoms with van der Waals surface area (Å²) in [5.74, 6) is 0. The third kappa shape index (κ3) is 2.20. The zero-order valence-corrected chi connectivity index (χ0v) is 8.35. The molecule has 3 heteroatoms. The van der Waals surface area contributed by atoms with Crippen LogP contribution in [-0.2, 0) is 0 Å². The molecule has 2 unspecified atom stereocenters. The Balaban J connectivity index is 1.83. The maximum atomic E-state index is 12.9. The van der Waals surface area contributed by atoms with E-state index < -0.39 is 6.17 Å². The van der Waals surface area contributed by atoms with E-state index in [-0.39, 0.29) is 0 Å². The van der Waals surface area contributed by atoms with Gasteiger partial charge < -0.3 is 5.32 Å². The lowest BCUT2D eigenvalue weighted by Gasteiger charge is -2.28. The van der Waals surface area contributed by atoms with E-state index in [0.29, 0.717) is 12.0 Å². The van der Waals surface area contributed by atoms with Crippen LogP contribution in [0.2, 0.25) is 0 Å². The maximum absolute atomic E-state index is 12.9. The highest BCUT2D eigenvalue weighted by Gasteiger charge is 2.33. The molecule has 2 heterocycles. The van der Waals surface area contributed by atoms with E-state index in [1.165, 1.54) is 6.42 Å². The van der Waals surface area contributed by atoms with Gasteiger partial charge in [-0.2, -0.15) is 0 Å². The van der Waals surface area contributed by atoms with E-state index in [0.717, 1.165) is 32.6 Å². The number of halogens is 1. The van der Waals surface area contributed by atoms with Crippen LogP contribution in [0.4, 0.5) is 4.39 Å². The lowest BCUT2D eigenvalue weighted by Crippen LogP contribution is -2.36. The van der Waals surface area contributed by atoms with Crippen LogP contribution >= 0.6 is 0 Å². The molecular weight excluding hydrogens is 167 g/mol. The standard InChI is InChI=1S/C10H19FN2/c1-10(3-4-12-7-10)8-13-5-2-9(11)6-13/h9,12H,2-8H2,1H3. The molecule has 0 aromatic heterocycles. The molecule has 13 heavy (non-hydrogen) atoms. The average Bonchev–Trinajstić information content (AvgIpc) is 2.62. The van der Waals surface area contributed by atoms with Gasteiger partial charge in [0.2, 0.25) is 0 Å². The lowest BCUT2D eigenvalue weighted by molar-refractivity contribution is 0.196. The third-order valence-electron chi connectivity index (χ3n) is 3.28. The van der Waals surface area contributed by atoms with Gasteiger partial charge in [0.15, 0.2) is 0 Å². The maximum Gasteiger partial charge on any atom is 0.114 e. The highest BCUT2D eigenvalue weighted by molar-refractivity contribution is 4.88. The number of hydrogen-bond acceptors (Lipinski definition) is 2. The predicted octanol–water partition coefficient (Wildman–Crippen LogP) is 1.03. The minimum absolute atomic E-state index is 0.393. The van der Waals surface area contributed by atoms with Crippen molar-refractivity contribution in [1.29, 1.82) is 0 Å². The summed E-state index contributed by atoms with van der Waals surface area (Å²) in [4.78, 5) is 2.28. The summed E-state index contributed by atoms with van der Waals surface area (Å²) in [6, 6.07) is 0. The summed E-state index contributed by atoms with van der Waals surface area (Å²) >= 11 is 0. The monoisotopic (exact) mass is 186 g/mol. The first-order chi connectivity index (χ1) is 6.18. The first-order valence-corrected chi connectivity index (χ1v) is 5.25. The Bertz CT molecular complexity index is 178. The Morgan fingerprint density at radius 1 is 1.62 bits per heavy atom. The van der Waals surface area contributed by atoms with Gasteiger partial charge >= 0.3 is 0 Å². The topological polar surface area (TPSA) is 15.3 Å². The van der Waals surface area contributed by atoms with Gasteiger partial charge in [0.25, 0.3) is 0 Å². The molecule has 2 rings (SSSR count). The van der Waals surface area contributed by atoms with Crippen molar-refractivity contribution in [3.8, 4) is 0 Å². The van der Waals surface area contributed by atoms with Crippen LogP contribution in [0.5, 0.6) is 0 Å². The molecular formula is C10H19FN2. The molecule has 0 aliphatic carbocycles. The van der Waals surface area contributed by atoms with Crippen LogP contribution in [0, 0.1) is 5.41 Å². The molecule has 0 spiro atoms. The highest BCUT2D eigenvalue weighted by atomic mass is 19.1. The summed E-state index contributed by atoms with van der Waals surface area (Å²) in [6.45, 7) is 7.22. The molecule has 2 fully saturated rings. The van der Waals surface area contributed by atoms with Crippen LogP contribution in [0.25, 0.3) is 0 Å². The lowest BCUT2D eigenvalue weighted by atomic mass is 9.89. The number of nitrogens with zero attached hydrogens (tertiary/aromatic N) is 1. The average molecular weight is 186 g/mol. The molecule has 0 aromatic carbocycles. The second-order valence-corrected chi connectivity index (χ2v) is 4.86. The van der Waals surface area contributed by atoms with E-state index in [2.05, 4.69) is 17.1 Å². The second-order valence-electron chi connectivity index (χ2n) is 4.86. The van der Waals surface area contributed by atoms with Crippen molar-refractivity contribution in [2.45, 2.75) is 25.9 Å². The van der Waals surface area contributed by atoms with Gasteiger partial charge in [0, 0.05) is 26.2 Å². The van der Waals surface area contributed by atoms with Crippen LogP contribution < -0.4 is 5.32 Å². The fraction of sp³-hybridized carbons (Fsp3) is 1.00. The van der Waals surface area contributed by atoms with E-state index in [1.807, 2.05) is 0 Å². The molecule has 0 amide bonds. The molecule has 0 radical (unpaired) electrons. The molecule has 2 aliphatic rings. The van der Waals surface area contributed by atoms with Gasteiger partial charge in [0.05, 0.1) is 0 Å². The van der Waals surface area contributed by atoms with Crippen molar-refractivity contribution in [1.82, 2.24) is 10.2 Å². The number of nitrogens with one attached hydrogen (secondary N) is 1. The smallest absolute Gasteiger partial charge is 0.114 e. The van der Waals surface area contributed by atoms with Crippen LogP contribution in [0.15, 0.2) is 0 Å². The molecule has 76 valence electrons. The van der Waals surface area contributed by atoms with Crippen LogP contribution in [0.1, 0.15) is 19.8 Å². The Morgan fingerprint density at radius 3 is 3.00 bits per heavy atom. The predicted molar refractivity (Wildman–Crippen MR) is 51.5 cm³/mol. The van der Waals surface area contributed by atoms with E-state index in [9.17, 15) is 4.39 Å². The van der Waals surface area contributed by atoms with Gasteiger partial charge in [-0.15, -0.1) is 0 Å². The molecule has 2 saturated heterocycles. The number of rotatable bonds is 2. The first kappa shape index (κ1) is 9.41. The van der Waals surface area contributed by atoms with Crippen molar-refractivity contribution in [3.05, 3.63) is 0 Å². The van der Waals surface area contributed by atoms with Crippen molar-refractivity contribution >= 4 is 0 Å². The van der Waals surface area contributed by atoms with E-state index >= 15 is 0 Å². The molecule has 0 aromatic rings.